The summed E-state index contributed by atoms with van der Waals surface area (Å²) in [5, 5.41) is 22.9. The quantitative estimate of drug-likeness (QED) is 0.531. The molecular weight excluding hydrogens is 392 g/mol. The minimum Gasteiger partial charge on any atom is -0.483 e. The molecule has 2 amide bonds. The van der Waals surface area contributed by atoms with Gasteiger partial charge in [0.1, 0.15) is 18.1 Å². The summed E-state index contributed by atoms with van der Waals surface area (Å²) in [6.45, 7) is -0.392. The minimum absolute atomic E-state index is 0.00943. The highest BCUT2D eigenvalue weighted by molar-refractivity contribution is 5.92. The number of likely N-dealkylation sites (tertiary alicyclic amines) is 1. The van der Waals surface area contributed by atoms with Gasteiger partial charge < -0.3 is 30.0 Å². The summed E-state index contributed by atoms with van der Waals surface area (Å²) in [6, 6.07) is 10.8. The van der Waals surface area contributed by atoms with Gasteiger partial charge in [-0.3, -0.25) is 14.4 Å². The monoisotopic (exact) mass is 414 g/mol. The van der Waals surface area contributed by atoms with Crippen molar-refractivity contribution in [2.24, 2.45) is 0 Å². The number of aliphatic carboxylic acids is 1. The molecule has 0 spiro atoms. The van der Waals surface area contributed by atoms with Crippen molar-refractivity contribution in [3.05, 3.63) is 42.5 Å². The second-order valence-electron chi connectivity index (χ2n) is 7.07. The Labute approximate surface area is 172 Å². The fourth-order valence-electron chi connectivity index (χ4n) is 3.48. The Bertz CT molecular complexity index is 956. The Morgan fingerprint density at radius 1 is 1.20 bits per heavy atom. The molecule has 3 N–H and O–H groups in total. The molecule has 1 heterocycles. The number of aliphatic hydroxyl groups excluding tert-OH is 1. The Morgan fingerprint density at radius 2 is 1.93 bits per heavy atom. The number of nitrogens with zero attached hydrogens (tertiary/aromatic N) is 1. The molecule has 0 aliphatic carbocycles. The molecule has 0 bridgehead atoms. The molecule has 3 rings (SSSR count). The van der Waals surface area contributed by atoms with Crippen molar-refractivity contribution < 1.29 is 34.1 Å². The molecule has 9 nitrogen and oxygen atoms in total. The van der Waals surface area contributed by atoms with E-state index in [-0.39, 0.29) is 19.6 Å². The molecule has 1 aliphatic heterocycles. The number of aldehydes is 1. The number of rotatable bonds is 8. The normalized spacial score (nSPS) is 19.3. The summed E-state index contributed by atoms with van der Waals surface area (Å²) >= 11 is 0. The van der Waals surface area contributed by atoms with Crippen LogP contribution in [0.3, 0.4) is 0 Å². The van der Waals surface area contributed by atoms with E-state index < -0.39 is 42.4 Å². The van der Waals surface area contributed by atoms with Crippen LogP contribution in [-0.2, 0) is 19.2 Å². The Kier molecular flexibility index (Phi) is 6.63. The zero-order valence-electron chi connectivity index (χ0n) is 16.1. The number of ether oxygens (including phenoxy) is 1. The standard InChI is InChI=1S/C21H22N2O7/c24-11-14(8-20(27)28)22-21(29)17-9-15(25)10-23(17)19(26)12-30-18-7-3-5-13-4-1-2-6-16(13)18/h1-7,11,14-15,17,25H,8-10,12H2,(H,22,29)(H,27,28)/t14-,15+,17-/m0/s1. The lowest BCUT2D eigenvalue weighted by Gasteiger charge is -2.24. The van der Waals surface area contributed by atoms with Gasteiger partial charge in [0.05, 0.1) is 18.6 Å². The van der Waals surface area contributed by atoms with Crippen molar-refractivity contribution >= 4 is 34.8 Å². The van der Waals surface area contributed by atoms with Gasteiger partial charge in [0.2, 0.25) is 5.91 Å². The lowest BCUT2D eigenvalue weighted by atomic mass is 10.1. The van der Waals surface area contributed by atoms with E-state index in [1.807, 2.05) is 30.3 Å². The van der Waals surface area contributed by atoms with E-state index in [2.05, 4.69) is 5.32 Å². The molecule has 1 fully saturated rings. The van der Waals surface area contributed by atoms with Crippen LogP contribution in [0.4, 0.5) is 0 Å². The predicted molar refractivity (Wildman–Crippen MR) is 106 cm³/mol. The van der Waals surface area contributed by atoms with Gasteiger partial charge in [0.15, 0.2) is 6.61 Å². The molecule has 9 heteroatoms. The average molecular weight is 414 g/mol. The molecule has 158 valence electrons. The van der Waals surface area contributed by atoms with Crippen LogP contribution in [0.1, 0.15) is 12.8 Å². The summed E-state index contributed by atoms with van der Waals surface area (Å²) in [4.78, 5) is 48.2. The molecule has 0 unspecified atom stereocenters. The second kappa shape index (κ2) is 9.36. The molecule has 1 saturated heterocycles. The fraction of sp³-hybridized carbons (Fsp3) is 0.333. The van der Waals surface area contributed by atoms with Crippen LogP contribution in [0.15, 0.2) is 42.5 Å². The van der Waals surface area contributed by atoms with E-state index in [9.17, 15) is 24.3 Å². The lowest BCUT2D eigenvalue weighted by Crippen LogP contribution is -2.50. The molecule has 3 atom stereocenters. The smallest absolute Gasteiger partial charge is 0.305 e. The first-order valence-electron chi connectivity index (χ1n) is 9.44. The summed E-state index contributed by atoms with van der Waals surface area (Å²) in [5.74, 6) is -1.91. The van der Waals surface area contributed by atoms with Crippen LogP contribution in [0.5, 0.6) is 5.75 Å². The number of β-amino-alcohol motifs (C(OH)–C–C–N with tert-alkyl or cyclic N) is 1. The number of carbonyl (C=O) groups is 4. The van der Waals surface area contributed by atoms with Gasteiger partial charge in [-0.05, 0) is 11.5 Å². The van der Waals surface area contributed by atoms with Crippen molar-refractivity contribution in [2.45, 2.75) is 31.0 Å². The summed E-state index contributed by atoms with van der Waals surface area (Å²) < 4.78 is 5.67. The van der Waals surface area contributed by atoms with Crippen LogP contribution in [0, 0.1) is 0 Å². The maximum Gasteiger partial charge on any atom is 0.305 e. The zero-order valence-corrected chi connectivity index (χ0v) is 16.1. The van der Waals surface area contributed by atoms with E-state index in [0.29, 0.717) is 12.0 Å². The number of carboxylic acid groups (broad SMARTS) is 1. The number of benzene rings is 2. The number of nitrogens with one attached hydrogen (secondary N) is 1. The van der Waals surface area contributed by atoms with Gasteiger partial charge in [-0.2, -0.15) is 0 Å². The summed E-state index contributed by atoms with van der Waals surface area (Å²) in [6.07, 6.45) is -1.16. The van der Waals surface area contributed by atoms with E-state index in [1.165, 1.54) is 4.90 Å². The molecule has 0 radical (unpaired) electrons. The third-order valence-electron chi connectivity index (χ3n) is 4.89. The highest BCUT2D eigenvalue weighted by Gasteiger charge is 2.39. The van der Waals surface area contributed by atoms with Crippen molar-refractivity contribution in [3.8, 4) is 5.75 Å². The molecule has 0 saturated carbocycles. The summed E-state index contributed by atoms with van der Waals surface area (Å²) in [5.41, 5.74) is 0. The van der Waals surface area contributed by atoms with Crippen molar-refractivity contribution in [1.82, 2.24) is 10.2 Å². The number of hydrogen-bond acceptors (Lipinski definition) is 6. The van der Waals surface area contributed by atoms with Gasteiger partial charge in [-0.25, -0.2) is 0 Å². The van der Waals surface area contributed by atoms with E-state index in [0.717, 1.165) is 10.8 Å². The van der Waals surface area contributed by atoms with Crippen molar-refractivity contribution in [1.29, 1.82) is 0 Å². The molecule has 2 aromatic carbocycles. The number of carbonyl (C=O) groups excluding carboxylic acids is 3. The van der Waals surface area contributed by atoms with Gasteiger partial charge >= 0.3 is 5.97 Å². The highest BCUT2D eigenvalue weighted by atomic mass is 16.5. The lowest BCUT2D eigenvalue weighted by molar-refractivity contribution is -0.142. The molecular formula is C21H22N2O7. The fourth-order valence-corrected chi connectivity index (χ4v) is 3.48. The van der Waals surface area contributed by atoms with Crippen molar-refractivity contribution in [3.63, 3.8) is 0 Å². The van der Waals surface area contributed by atoms with Crippen LogP contribution in [0.25, 0.3) is 10.8 Å². The zero-order chi connectivity index (χ0) is 21.7. The molecule has 0 aromatic heterocycles. The average Bonchev–Trinajstić information content (AvgIpc) is 3.13. The summed E-state index contributed by atoms with van der Waals surface area (Å²) in [7, 11) is 0. The van der Waals surface area contributed by atoms with Crippen molar-refractivity contribution in [2.75, 3.05) is 13.2 Å². The van der Waals surface area contributed by atoms with E-state index >= 15 is 0 Å². The van der Waals surface area contributed by atoms with E-state index in [4.69, 9.17) is 9.84 Å². The Hall–Kier alpha value is -3.46. The van der Waals surface area contributed by atoms with Crippen LogP contribution in [-0.4, -0.2) is 70.5 Å². The Morgan fingerprint density at radius 3 is 2.67 bits per heavy atom. The topological polar surface area (TPSA) is 133 Å². The predicted octanol–water partition coefficient (Wildman–Crippen LogP) is 0.339. The highest BCUT2D eigenvalue weighted by Crippen LogP contribution is 2.25. The number of amides is 2. The van der Waals surface area contributed by atoms with Gasteiger partial charge in [-0.1, -0.05) is 36.4 Å². The molecule has 30 heavy (non-hydrogen) atoms. The first-order valence-corrected chi connectivity index (χ1v) is 9.44. The van der Waals surface area contributed by atoms with Crippen LogP contribution < -0.4 is 10.1 Å². The number of aliphatic hydroxyl groups is 1. The second-order valence-corrected chi connectivity index (χ2v) is 7.07. The maximum absolute atomic E-state index is 12.7. The third kappa shape index (κ3) is 4.93. The first kappa shape index (κ1) is 21.3. The largest absolute Gasteiger partial charge is 0.483 e. The maximum atomic E-state index is 12.7. The van der Waals surface area contributed by atoms with Crippen LogP contribution in [0.2, 0.25) is 0 Å². The Balaban J connectivity index is 1.66. The van der Waals surface area contributed by atoms with Gasteiger partial charge in [0, 0.05) is 18.4 Å². The number of fused-ring (bicyclic) bond motifs is 1. The van der Waals surface area contributed by atoms with Gasteiger partial charge in [0.25, 0.3) is 5.91 Å². The number of carboxylic acids is 1. The first-order chi connectivity index (χ1) is 14.4. The third-order valence-corrected chi connectivity index (χ3v) is 4.89. The SMILES string of the molecule is O=C[C@H](CC(=O)O)NC(=O)[C@@H]1C[C@@H](O)CN1C(=O)COc1cccc2ccccc12. The minimum atomic E-state index is -1.24. The van der Waals surface area contributed by atoms with Gasteiger partial charge in [-0.15, -0.1) is 0 Å². The number of hydrogen-bond donors (Lipinski definition) is 3. The molecule has 2 aromatic rings. The van der Waals surface area contributed by atoms with E-state index in [1.54, 1.807) is 12.1 Å². The van der Waals surface area contributed by atoms with Crippen LogP contribution >= 0.6 is 0 Å². The molecule has 1 aliphatic rings.